The van der Waals surface area contributed by atoms with Gasteiger partial charge in [-0.2, -0.15) is 0 Å². The van der Waals surface area contributed by atoms with Gasteiger partial charge in [-0.25, -0.2) is 0 Å². The molecule has 1 aliphatic heterocycles. The first-order chi connectivity index (χ1) is 9.70. The lowest BCUT2D eigenvalue weighted by Crippen LogP contribution is -2.42. The van der Waals surface area contributed by atoms with E-state index >= 15 is 0 Å². The lowest BCUT2D eigenvalue weighted by atomic mass is 9.97. The third-order valence-electron chi connectivity index (χ3n) is 3.85. The summed E-state index contributed by atoms with van der Waals surface area (Å²) in [6, 6.07) is 10.6. The number of piperidine rings is 1. The van der Waals surface area contributed by atoms with Crippen LogP contribution in [-0.2, 0) is 4.74 Å². The highest BCUT2D eigenvalue weighted by molar-refractivity contribution is 5.77. The zero-order valence-electron chi connectivity index (χ0n) is 12.2. The highest BCUT2D eigenvalue weighted by Crippen LogP contribution is 2.28. The highest BCUT2D eigenvalue weighted by atomic mass is 16.5. The number of ether oxygens (including phenoxy) is 1. The van der Waals surface area contributed by atoms with Crippen LogP contribution in [0.25, 0.3) is 0 Å². The number of nitrogens with one attached hydrogen (secondary N) is 1. The highest BCUT2D eigenvalue weighted by Gasteiger charge is 2.27. The van der Waals surface area contributed by atoms with Gasteiger partial charge < -0.3 is 10.5 Å². The van der Waals surface area contributed by atoms with Gasteiger partial charge in [0.1, 0.15) is 0 Å². The van der Waals surface area contributed by atoms with Crippen molar-refractivity contribution in [3.05, 3.63) is 35.9 Å². The summed E-state index contributed by atoms with van der Waals surface area (Å²) in [6.07, 6.45) is 3.17. The maximum absolute atomic E-state index is 7.64. The molecule has 1 heterocycles. The number of hydrogen-bond donors (Lipinski definition) is 2. The van der Waals surface area contributed by atoms with Crippen LogP contribution in [0, 0.1) is 5.41 Å². The summed E-state index contributed by atoms with van der Waals surface area (Å²) in [5.74, 6) is 0.248. The van der Waals surface area contributed by atoms with Gasteiger partial charge in [-0.05, 0) is 31.9 Å². The zero-order chi connectivity index (χ0) is 14.4. The van der Waals surface area contributed by atoms with Gasteiger partial charge in [0, 0.05) is 25.6 Å². The fourth-order valence-electron chi connectivity index (χ4n) is 2.96. The summed E-state index contributed by atoms with van der Waals surface area (Å²) in [5, 5.41) is 7.64. The molecule has 4 heteroatoms. The van der Waals surface area contributed by atoms with Crippen LogP contribution in [0.2, 0.25) is 0 Å². The minimum absolute atomic E-state index is 0.192. The predicted octanol–water partition coefficient (Wildman–Crippen LogP) is 2.55. The Morgan fingerprint density at radius 1 is 1.45 bits per heavy atom. The van der Waals surface area contributed by atoms with Crippen molar-refractivity contribution in [1.82, 2.24) is 4.90 Å². The van der Waals surface area contributed by atoms with Crippen molar-refractivity contribution in [3.8, 4) is 0 Å². The second-order valence-electron chi connectivity index (χ2n) is 5.37. The summed E-state index contributed by atoms with van der Waals surface area (Å²) in [7, 11) is 0. The van der Waals surface area contributed by atoms with Gasteiger partial charge in [0.05, 0.1) is 11.9 Å². The van der Waals surface area contributed by atoms with Crippen LogP contribution in [0.3, 0.4) is 0 Å². The molecule has 2 atom stereocenters. The SMILES string of the molecule is CCOC1CCCN(C(CC(=N)N)c2ccccc2)C1. The average Bonchev–Trinajstić information content (AvgIpc) is 2.46. The number of nitrogens with zero attached hydrogens (tertiary/aromatic N) is 1. The number of benzene rings is 1. The molecule has 0 saturated carbocycles. The molecule has 0 amide bonds. The minimum atomic E-state index is 0.192. The molecule has 3 N–H and O–H groups in total. The lowest BCUT2D eigenvalue weighted by Gasteiger charge is -2.38. The average molecular weight is 275 g/mol. The largest absolute Gasteiger partial charge is 0.388 e. The molecule has 1 saturated heterocycles. The summed E-state index contributed by atoms with van der Waals surface area (Å²) in [5.41, 5.74) is 6.89. The van der Waals surface area contributed by atoms with E-state index in [1.54, 1.807) is 0 Å². The van der Waals surface area contributed by atoms with Gasteiger partial charge in [-0.3, -0.25) is 10.3 Å². The van der Waals surface area contributed by atoms with Crippen molar-refractivity contribution in [2.24, 2.45) is 5.73 Å². The number of likely N-dealkylation sites (tertiary alicyclic amines) is 1. The van der Waals surface area contributed by atoms with Crippen molar-refractivity contribution in [1.29, 1.82) is 5.41 Å². The quantitative estimate of drug-likeness (QED) is 0.619. The van der Waals surface area contributed by atoms with Crippen molar-refractivity contribution in [3.63, 3.8) is 0 Å². The van der Waals surface area contributed by atoms with Crippen molar-refractivity contribution >= 4 is 5.84 Å². The standard InChI is InChI=1S/C16H25N3O/c1-2-20-14-9-6-10-19(12-14)15(11-16(17)18)13-7-4-3-5-8-13/h3-5,7-8,14-15H,2,6,9-12H2,1H3,(H3,17,18). The number of rotatable bonds is 6. The summed E-state index contributed by atoms with van der Waals surface area (Å²) in [4.78, 5) is 2.42. The Labute approximate surface area is 121 Å². The normalized spacial score (nSPS) is 21.6. The second-order valence-corrected chi connectivity index (χ2v) is 5.37. The van der Waals surface area contributed by atoms with E-state index in [0.717, 1.165) is 32.5 Å². The maximum Gasteiger partial charge on any atom is 0.0924 e. The van der Waals surface area contributed by atoms with Gasteiger partial charge in [-0.1, -0.05) is 30.3 Å². The molecule has 20 heavy (non-hydrogen) atoms. The van der Waals surface area contributed by atoms with Crippen molar-refractivity contribution in [2.75, 3.05) is 19.7 Å². The van der Waals surface area contributed by atoms with E-state index in [1.807, 2.05) is 25.1 Å². The van der Waals surface area contributed by atoms with Gasteiger partial charge >= 0.3 is 0 Å². The molecule has 110 valence electrons. The smallest absolute Gasteiger partial charge is 0.0924 e. The van der Waals surface area contributed by atoms with E-state index in [9.17, 15) is 0 Å². The molecule has 1 aliphatic rings. The summed E-state index contributed by atoms with van der Waals surface area (Å²) >= 11 is 0. The van der Waals surface area contributed by atoms with E-state index in [1.165, 1.54) is 5.56 Å². The Balaban J connectivity index is 2.12. The third-order valence-corrected chi connectivity index (χ3v) is 3.85. The van der Waals surface area contributed by atoms with E-state index in [2.05, 4.69) is 17.0 Å². The van der Waals surface area contributed by atoms with Crippen LogP contribution in [-0.4, -0.2) is 36.5 Å². The number of hydrogen-bond acceptors (Lipinski definition) is 3. The molecule has 1 fully saturated rings. The molecule has 0 spiro atoms. The van der Waals surface area contributed by atoms with E-state index in [-0.39, 0.29) is 11.9 Å². The monoisotopic (exact) mass is 275 g/mol. The second kappa shape index (κ2) is 7.41. The van der Waals surface area contributed by atoms with Gasteiger partial charge in [0.25, 0.3) is 0 Å². The first-order valence-electron chi connectivity index (χ1n) is 7.44. The Morgan fingerprint density at radius 2 is 2.20 bits per heavy atom. The molecule has 0 aliphatic carbocycles. The van der Waals surface area contributed by atoms with E-state index in [4.69, 9.17) is 15.9 Å². The molecule has 0 bridgehead atoms. The molecule has 4 nitrogen and oxygen atoms in total. The fraction of sp³-hybridized carbons (Fsp3) is 0.562. The van der Waals surface area contributed by atoms with E-state index in [0.29, 0.717) is 12.5 Å². The molecule has 1 aromatic carbocycles. The Morgan fingerprint density at radius 3 is 2.85 bits per heavy atom. The number of nitrogens with two attached hydrogens (primary N) is 1. The first kappa shape index (κ1) is 15.0. The fourth-order valence-corrected chi connectivity index (χ4v) is 2.96. The van der Waals surface area contributed by atoms with Crippen LogP contribution >= 0.6 is 0 Å². The molecule has 0 radical (unpaired) electrons. The molecule has 2 unspecified atom stereocenters. The topological polar surface area (TPSA) is 62.3 Å². The third kappa shape index (κ3) is 4.05. The summed E-state index contributed by atoms with van der Waals surface area (Å²) in [6.45, 7) is 4.79. The minimum Gasteiger partial charge on any atom is -0.388 e. The summed E-state index contributed by atoms with van der Waals surface area (Å²) < 4.78 is 5.78. The Bertz CT molecular complexity index is 419. The molecular weight excluding hydrogens is 250 g/mol. The Kier molecular flexibility index (Phi) is 5.56. The van der Waals surface area contributed by atoms with Crippen molar-refractivity contribution in [2.45, 2.75) is 38.3 Å². The lowest BCUT2D eigenvalue weighted by molar-refractivity contribution is -0.00693. The van der Waals surface area contributed by atoms with Gasteiger partial charge in [-0.15, -0.1) is 0 Å². The maximum atomic E-state index is 7.64. The first-order valence-corrected chi connectivity index (χ1v) is 7.44. The van der Waals surface area contributed by atoms with Crippen LogP contribution in [0.4, 0.5) is 0 Å². The molecule has 0 aromatic heterocycles. The van der Waals surface area contributed by atoms with Crippen LogP contribution in [0.1, 0.15) is 37.8 Å². The Hall–Kier alpha value is -1.39. The van der Waals surface area contributed by atoms with Crippen LogP contribution < -0.4 is 5.73 Å². The van der Waals surface area contributed by atoms with Crippen LogP contribution in [0.15, 0.2) is 30.3 Å². The van der Waals surface area contributed by atoms with Crippen LogP contribution in [0.5, 0.6) is 0 Å². The van der Waals surface area contributed by atoms with Gasteiger partial charge in [0.15, 0.2) is 0 Å². The zero-order valence-corrected chi connectivity index (χ0v) is 12.2. The van der Waals surface area contributed by atoms with E-state index < -0.39 is 0 Å². The molecule has 2 rings (SSSR count). The molecular formula is C16H25N3O. The van der Waals surface area contributed by atoms with Gasteiger partial charge in [0.2, 0.25) is 0 Å². The van der Waals surface area contributed by atoms with Crippen molar-refractivity contribution < 1.29 is 4.74 Å². The molecule has 1 aromatic rings. The predicted molar refractivity (Wildman–Crippen MR) is 81.9 cm³/mol. The number of amidine groups is 1.